The third-order valence-corrected chi connectivity index (χ3v) is 14.3. The molecule has 0 N–H and O–H groups in total. The van der Waals surface area contributed by atoms with Crippen molar-refractivity contribution in [2.75, 3.05) is 45.7 Å². The quantitative estimate of drug-likeness (QED) is 0.0368. The molecule has 72 heavy (non-hydrogen) atoms. The second kappa shape index (κ2) is 21.5. The standard InChI is InChI=1S/C53H40F3NO12S3/c1-62-40-21-28(5-18-38(40)66-44(58)25-70-32-12-6-29(54)7-13-32)47-48-37-23-41(63-2)42(67-45(59)26-71-33-14-8-30(55)9-15-33)24-39(37)68-53(61)50(48)57-20-19-35-36(49(47)57)22-43(64-3)52(65-4)51(35)69-46(60)27-72-34-16-10-31(56)11-17-34/h5-18,21-24H,19-20,25-27H2,1-4H3. The molecule has 368 valence electrons. The first-order chi connectivity index (χ1) is 34.8. The Kier molecular flexibility index (Phi) is 14.8. The van der Waals surface area contributed by atoms with Crippen molar-refractivity contribution in [3.8, 4) is 62.6 Å². The van der Waals surface area contributed by atoms with E-state index < -0.39 is 41.0 Å². The van der Waals surface area contributed by atoms with Gasteiger partial charge in [-0.25, -0.2) is 18.0 Å². The Labute approximate surface area is 421 Å². The maximum Gasteiger partial charge on any atom is 0.361 e. The topological polar surface area (TPSA) is 151 Å². The van der Waals surface area contributed by atoms with Crippen molar-refractivity contribution < 1.29 is 65.1 Å². The van der Waals surface area contributed by atoms with E-state index in [2.05, 4.69) is 0 Å². The van der Waals surface area contributed by atoms with Crippen LogP contribution in [0.15, 0.2) is 133 Å². The average molecular weight is 1040 g/mol. The molecule has 1 aliphatic heterocycles. The van der Waals surface area contributed by atoms with Crippen LogP contribution in [0.1, 0.15) is 5.56 Å². The van der Waals surface area contributed by atoms with Gasteiger partial charge in [0.05, 0.1) is 51.4 Å². The molecular formula is C53H40F3NO12S3. The minimum absolute atomic E-state index is 0.0283. The van der Waals surface area contributed by atoms with Crippen LogP contribution in [0.4, 0.5) is 13.2 Å². The molecule has 8 aromatic rings. The van der Waals surface area contributed by atoms with Gasteiger partial charge in [-0.3, -0.25) is 14.4 Å². The van der Waals surface area contributed by atoms with Crippen molar-refractivity contribution >= 4 is 75.1 Å². The SMILES string of the molecule is COc1cc(-c2c3n(c4c(=O)oc5cc(OC(=O)CSc6ccc(F)cc6)c(OC)cc5c24)CCc2c-3cc(OC)c(OC)c2OC(=O)CSc2ccc(F)cc2)ccc1OC(=O)CSc1ccc(F)cc1. The van der Waals surface area contributed by atoms with Crippen molar-refractivity contribution in [1.29, 1.82) is 0 Å². The first-order valence-electron chi connectivity index (χ1n) is 21.8. The van der Waals surface area contributed by atoms with Crippen LogP contribution in [0.25, 0.3) is 44.3 Å². The molecule has 1 aliphatic rings. The first kappa shape index (κ1) is 49.5. The summed E-state index contributed by atoms with van der Waals surface area (Å²) in [4.78, 5) is 56.5. The maximum absolute atomic E-state index is 14.5. The zero-order valence-electron chi connectivity index (χ0n) is 38.6. The molecule has 0 saturated heterocycles. The van der Waals surface area contributed by atoms with Crippen molar-refractivity contribution in [2.24, 2.45) is 0 Å². The molecule has 0 spiro atoms. The summed E-state index contributed by atoms with van der Waals surface area (Å²) < 4.78 is 89.4. The summed E-state index contributed by atoms with van der Waals surface area (Å²) in [5, 5.41) is 0.788. The van der Waals surface area contributed by atoms with Gasteiger partial charge >= 0.3 is 23.5 Å². The van der Waals surface area contributed by atoms with Crippen LogP contribution in [-0.2, 0) is 27.3 Å². The highest BCUT2D eigenvalue weighted by Crippen LogP contribution is 2.53. The average Bonchev–Trinajstić information content (AvgIpc) is 3.74. The summed E-state index contributed by atoms with van der Waals surface area (Å²) in [5.74, 6) is -2.66. The van der Waals surface area contributed by atoms with E-state index in [1.54, 1.807) is 71.3 Å². The lowest BCUT2D eigenvalue weighted by molar-refractivity contribution is -0.132. The van der Waals surface area contributed by atoms with Crippen LogP contribution >= 0.6 is 35.3 Å². The fourth-order valence-corrected chi connectivity index (χ4v) is 10.3. The Bertz CT molecular complexity index is 3450. The molecule has 0 aliphatic carbocycles. The molecule has 0 amide bonds. The monoisotopic (exact) mass is 1040 g/mol. The third kappa shape index (κ3) is 10.3. The minimum atomic E-state index is -0.733. The fraction of sp³-hybridized carbons (Fsp3) is 0.170. The van der Waals surface area contributed by atoms with Crippen molar-refractivity contribution in [2.45, 2.75) is 27.7 Å². The Morgan fingerprint density at radius 1 is 0.569 bits per heavy atom. The van der Waals surface area contributed by atoms with E-state index in [1.807, 2.05) is 0 Å². The van der Waals surface area contributed by atoms with E-state index in [0.717, 1.165) is 23.5 Å². The van der Waals surface area contributed by atoms with E-state index in [0.29, 0.717) is 53.4 Å². The molecule has 0 bridgehead atoms. The Morgan fingerprint density at radius 3 is 1.61 bits per heavy atom. The summed E-state index contributed by atoms with van der Waals surface area (Å²) in [7, 11) is 5.66. The molecule has 0 atom stereocenters. The lowest BCUT2D eigenvalue weighted by atomic mass is 9.91. The largest absolute Gasteiger partial charge is 0.493 e. The first-order valence-corrected chi connectivity index (χ1v) is 24.8. The summed E-state index contributed by atoms with van der Waals surface area (Å²) in [5.41, 5.74) is 1.99. The van der Waals surface area contributed by atoms with Crippen LogP contribution < -0.4 is 38.8 Å². The zero-order chi connectivity index (χ0) is 50.6. The van der Waals surface area contributed by atoms with Gasteiger partial charge in [-0.1, -0.05) is 6.07 Å². The van der Waals surface area contributed by atoms with Gasteiger partial charge < -0.3 is 42.1 Å². The minimum Gasteiger partial charge on any atom is -0.493 e. The number of hydrogen-bond acceptors (Lipinski definition) is 15. The number of benzene rings is 6. The van der Waals surface area contributed by atoms with Gasteiger partial charge in [0.2, 0.25) is 5.75 Å². The highest BCUT2D eigenvalue weighted by molar-refractivity contribution is 8.00. The number of fused-ring (bicyclic) bond motifs is 7. The van der Waals surface area contributed by atoms with Gasteiger partial charge in [0.25, 0.3) is 0 Å². The number of carbonyl (C=O) groups is 3. The van der Waals surface area contributed by atoms with E-state index in [-0.39, 0.29) is 81.6 Å². The summed E-state index contributed by atoms with van der Waals surface area (Å²) in [6.07, 6.45) is 0.236. The zero-order valence-corrected chi connectivity index (χ0v) is 41.1. The second-order valence-corrected chi connectivity index (χ2v) is 18.9. The van der Waals surface area contributed by atoms with Gasteiger partial charge in [-0.2, -0.15) is 0 Å². The molecule has 6 aromatic carbocycles. The number of methoxy groups -OCH3 is 4. The molecule has 2 aromatic heterocycles. The molecule has 13 nitrogen and oxygen atoms in total. The molecule has 9 rings (SSSR count). The molecule has 19 heteroatoms. The van der Waals surface area contributed by atoms with Gasteiger partial charge in [-0.15, -0.1) is 35.3 Å². The van der Waals surface area contributed by atoms with Crippen molar-refractivity contribution in [3.63, 3.8) is 0 Å². The molecule has 0 saturated carbocycles. The molecule has 0 fully saturated rings. The van der Waals surface area contributed by atoms with Crippen LogP contribution in [-0.4, -0.2) is 68.2 Å². The number of halogens is 3. The van der Waals surface area contributed by atoms with Crippen LogP contribution in [0.5, 0.6) is 40.2 Å². The molecular weight excluding hydrogens is 996 g/mol. The highest BCUT2D eigenvalue weighted by Gasteiger charge is 2.34. The lowest BCUT2D eigenvalue weighted by Gasteiger charge is -2.26. The number of nitrogens with zero attached hydrogens (tertiary/aromatic N) is 1. The van der Waals surface area contributed by atoms with E-state index in [4.69, 9.17) is 37.6 Å². The van der Waals surface area contributed by atoms with E-state index >= 15 is 0 Å². The van der Waals surface area contributed by atoms with Crippen LogP contribution in [0.3, 0.4) is 0 Å². The van der Waals surface area contributed by atoms with Crippen molar-refractivity contribution in [1.82, 2.24) is 4.57 Å². The van der Waals surface area contributed by atoms with Gasteiger partial charge in [0.15, 0.2) is 34.5 Å². The number of thioether (sulfide) groups is 3. The van der Waals surface area contributed by atoms with Crippen LogP contribution in [0, 0.1) is 17.5 Å². The number of hydrogen-bond donors (Lipinski definition) is 0. The highest BCUT2D eigenvalue weighted by atomic mass is 32.2. The smallest absolute Gasteiger partial charge is 0.361 e. The number of esters is 3. The maximum atomic E-state index is 14.5. The Morgan fingerprint density at radius 2 is 1.08 bits per heavy atom. The predicted molar refractivity (Wildman–Crippen MR) is 267 cm³/mol. The number of rotatable bonds is 17. The van der Waals surface area contributed by atoms with Gasteiger partial charge in [0, 0.05) is 54.8 Å². The summed E-state index contributed by atoms with van der Waals surface area (Å²) >= 11 is 3.47. The van der Waals surface area contributed by atoms with E-state index in [1.165, 1.54) is 82.7 Å². The van der Waals surface area contributed by atoms with E-state index in [9.17, 15) is 32.3 Å². The van der Waals surface area contributed by atoms with Gasteiger partial charge in [0.1, 0.15) is 28.6 Å². The Balaban J connectivity index is 1.18. The second-order valence-electron chi connectivity index (χ2n) is 15.7. The predicted octanol–water partition coefficient (Wildman–Crippen LogP) is 11.2. The van der Waals surface area contributed by atoms with Gasteiger partial charge in [-0.05, 0) is 109 Å². The number of carbonyl (C=O) groups excluding carboxylic acids is 3. The molecule has 3 heterocycles. The number of aromatic nitrogens is 1. The summed E-state index contributed by atoms with van der Waals surface area (Å²) in [6, 6.07) is 26.7. The Hall–Kier alpha value is -7.48. The third-order valence-electron chi connectivity index (χ3n) is 11.4. The molecule has 0 radical (unpaired) electrons. The molecule has 0 unspecified atom stereocenters. The fourth-order valence-electron chi connectivity index (χ4n) is 8.25. The lowest BCUT2D eigenvalue weighted by Crippen LogP contribution is -2.18. The number of aryl methyl sites for hydroxylation is 1. The normalized spacial score (nSPS) is 11.7. The number of ether oxygens (including phenoxy) is 7. The summed E-state index contributed by atoms with van der Waals surface area (Å²) in [6.45, 7) is 0.177. The van der Waals surface area contributed by atoms with Crippen molar-refractivity contribution in [3.05, 3.63) is 143 Å². The van der Waals surface area contributed by atoms with Crippen LogP contribution in [0.2, 0.25) is 0 Å².